The van der Waals surface area contributed by atoms with Crippen LogP contribution in [0.3, 0.4) is 0 Å². The van der Waals surface area contributed by atoms with Crippen molar-refractivity contribution in [2.24, 2.45) is 10.7 Å². The monoisotopic (exact) mass is 213 g/mol. The highest BCUT2D eigenvalue weighted by atomic mass is 16.1. The van der Waals surface area contributed by atoms with E-state index in [2.05, 4.69) is 9.98 Å². The minimum atomic E-state index is -0.424. The molecule has 4 nitrogen and oxygen atoms in total. The lowest BCUT2D eigenvalue weighted by Gasteiger charge is -2.12. The summed E-state index contributed by atoms with van der Waals surface area (Å²) in [5.74, 6) is -0.368. The number of hydrogen-bond donors (Lipinski definition) is 2. The number of primary amides is 1. The quantitative estimate of drug-likeness (QED) is 0.728. The molecule has 1 aliphatic heterocycles. The summed E-state index contributed by atoms with van der Waals surface area (Å²) in [6, 6.07) is 7.60. The maximum atomic E-state index is 11.1. The molecule has 1 amide bonds. The van der Waals surface area contributed by atoms with Crippen LogP contribution in [0.25, 0.3) is 10.9 Å². The summed E-state index contributed by atoms with van der Waals surface area (Å²) >= 11 is 0. The number of amides is 1. The zero-order valence-electron chi connectivity index (χ0n) is 8.60. The highest BCUT2D eigenvalue weighted by molar-refractivity contribution is 5.97. The van der Waals surface area contributed by atoms with Crippen molar-refractivity contribution >= 4 is 23.0 Å². The lowest BCUT2D eigenvalue weighted by atomic mass is 10.0. The van der Waals surface area contributed by atoms with E-state index in [0.717, 1.165) is 22.2 Å². The molecular weight excluding hydrogens is 202 g/mol. The van der Waals surface area contributed by atoms with Crippen molar-refractivity contribution in [1.82, 2.24) is 4.98 Å². The van der Waals surface area contributed by atoms with Crippen LogP contribution in [0.1, 0.15) is 11.3 Å². The molecule has 0 radical (unpaired) electrons. The Kier molecular flexibility index (Phi) is 1.83. The molecule has 1 unspecified atom stereocenters. The summed E-state index contributed by atoms with van der Waals surface area (Å²) in [7, 11) is 0. The number of aromatic nitrogens is 1. The van der Waals surface area contributed by atoms with E-state index in [9.17, 15) is 4.79 Å². The van der Waals surface area contributed by atoms with E-state index in [1.807, 2.05) is 24.3 Å². The van der Waals surface area contributed by atoms with Gasteiger partial charge in [-0.05, 0) is 11.6 Å². The Bertz CT molecular complexity index is 597. The lowest BCUT2D eigenvalue weighted by Crippen LogP contribution is -2.31. The fraction of sp³-hybridized carbons (Fsp3) is 0.167. The summed E-state index contributed by atoms with van der Waals surface area (Å²) < 4.78 is 0. The zero-order chi connectivity index (χ0) is 11.1. The third-order valence-electron chi connectivity index (χ3n) is 2.96. The molecule has 0 saturated heterocycles. The molecule has 1 aromatic heterocycles. The molecule has 16 heavy (non-hydrogen) atoms. The largest absolute Gasteiger partial charge is 0.368 e. The molecule has 1 aliphatic rings. The second kappa shape index (κ2) is 3.20. The SMILES string of the molecule is NC(=O)C1Cc2c([nH]c3ccccc23)C=N1. The average Bonchev–Trinajstić information content (AvgIpc) is 2.66. The Hall–Kier alpha value is -2.10. The van der Waals surface area contributed by atoms with E-state index in [1.165, 1.54) is 0 Å². The Morgan fingerprint density at radius 3 is 3.06 bits per heavy atom. The van der Waals surface area contributed by atoms with Gasteiger partial charge in [0.1, 0.15) is 6.04 Å². The molecule has 3 rings (SSSR count). The van der Waals surface area contributed by atoms with E-state index in [4.69, 9.17) is 5.73 Å². The highest BCUT2D eigenvalue weighted by Crippen LogP contribution is 2.25. The van der Waals surface area contributed by atoms with Crippen molar-refractivity contribution in [2.45, 2.75) is 12.5 Å². The van der Waals surface area contributed by atoms with Crippen LogP contribution in [0, 0.1) is 0 Å². The number of carbonyl (C=O) groups is 1. The van der Waals surface area contributed by atoms with E-state index in [0.29, 0.717) is 6.42 Å². The van der Waals surface area contributed by atoms with Crippen molar-refractivity contribution in [1.29, 1.82) is 0 Å². The number of fused-ring (bicyclic) bond motifs is 3. The molecule has 0 aliphatic carbocycles. The van der Waals surface area contributed by atoms with Gasteiger partial charge in [-0.2, -0.15) is 0 Å². The Morgan fingerprint density at radius 2 is 2.25 bits per heavy atom. The zero-order valence-corrected chi connectivity index (χ0v) is 8.60. The van der Waals surface area contributed by atoms with Crippen LogP contribution in [0.15, 0.2) is 29.3 Å². The summed E-state index contributed by atoms with van der Waals surface area (Å²) in [5, 5.41) is 1.15. The first-order valence-electron chi connectivity index (χ1n) is 5.18. The van der Waals surface area contributed by atoms with Crippen molar-refractivity contribution in [3.63, 3.8) is 0 Å². The summed E-state index contributed by atoms with van der Waals surface area (Å²) in [6.07, 6.45) is 2.29. The number of benzene rings is 1. The Morgan fingerprint density at radius 1 is 1.44 bits per heavy atom. The molecule has 1 atom stereocenters. The highest BCUT2D eigenvalue weighted by Gasteiger charge is 2.22. The molecule has 1 aromatic carbocycles. The summed E-state index contributed by atoms with van der Waals surface area (Å²) in [5.41, 5.74) is 8.47. The second-order valence-corrected chi connectivity index (χ2v) is 3.96. The molecule has 0 fully saturated rings. The fourth-order valence-electron chi connectivity index (χ4n) is 2.14. The van der Waals surface area contributed by atoms with Crippen LogP contribution < -0.4 is 5.73 Å². The fourth-order valence-corrected chi connectivity index (χ4v) is 2.14. The van der Waals surface area contributed by atoms with Gasteiger partial charge in [0.05, 0.1) is 5.69 Å². The van der Waals surface area contributed by atoms with Gasteiger partial charge in [-0.1, -0.05) is 18.2 Å². The number of para-hydroxylation sites is 1. The van der Waals surface area contributed by atoms with E-state index in [-0.39, 0.29) is 5.91 Å². The average molecular weight is 213 g/mol. The van der Waals surface area contributed by atoms with E-state index >= 15 is 0 Å². The van der Waals surface area contributed by atoms with Gasteiger partial charge in [0.2, 0.25) is 5.91 Å². The molecule has 0 saturated carbocycles. The topological polar surface area (TPSA) is 71.2 Å². The van der Waals surface area contributed by atoms with Crippen LogP contribution >= 0.6 is 0 Å². The van der Waals surface area contributed by atoms with Crippen LogP contribution in [-0.2, 0) is 11.2 Å². The smallest absolute Gasteiger partial charge is 0.242 e. The van der Waals surface area contributed by atoms with Gasteiger partial charge in [0, 0.05) is 23.5 Å². The molecule has 2 aromatic rings. The second-order valence-electron chi connectivity index (χ2n) is 3.96. The van der Waals surface area contributed by atoms with Gasteiger partial charge in [-0.3, -0.25) is 9.79 Å². The summed E-state index contributed by atoms with van der Waals surface area (Å²) in [6.45, 7) is 0. The van der Waals surface area contributed by atoms with Gasteiger partial charge in [0.15, 0.2) is 0 Å². The predicted molar refractivity (Wildman–Crippen MR) is 62.6 cm³/mol. The number of nitrogens with one attached hydrogen (secondary N) is 1. The van der Waals surface area contributed by atoms with Gasteiger partial charge >= 0.3 is 0 Å². The van der Waals surface area contributed by atoms with Crippen molar-refractivity contribution in [2.75, 3.05) is 0 Å². The third-order valence-corrected chi connectivity index (χ3v) is 2.96. The Balaban J connectivity index is 2.17. The molecule has 80 valence electrons. The van der Waals surface area contributed by atoms with Gasteiger partial charge in [0.25, 0.3) is 0 Å². The number of H-pyrrole nitrogens is 1. The summed E-state index contributed by atoms with van der Waals surface area (Å²) in [4.78, 5) is 18.5. The van der Waals surface area contributed by atoms with Crippen molar-refractivity contribution < 1.29 is 4.79 Å². The normalized spacial score (nSPS) is 18.6. The number of rotatable bonds is 1. The predicted octanol–water partition coefficient (Wildman–Crippen LogP) is 0.997. The number of nitrogens with zero attached hydrogens (tertiary/aromatic N) is 1. The van der Waals surface area contributed by atoms with Gasteiger partial charge in [-0.15, -0.1) is 0 Å². The first-order chi connectivity index (χ1) is 7.75. The molecule has 2 heterocycles. The minimum absolute atomic E-state index is 0.368. The molecule has 3 N–H and O–H groups in total. The number of aliphatic imine (C=N–C) groups is 1. The van der Waals surface area contributed by atoms with Crippen molar-refractivity contribution in [3.8, 4) is 0 Å². The van der Waals surface area contributed by atoms with E-state index < -0.39 is 6.04 Å². The van der Waals surface area contributed by atoms with Crippen LogP contribution in [0.5, 0.6) is 0 Å². The molecule has 4 heteroatoms. The van der Waals surface area contributed by atoms with Gasteiger partial charge < -0.3 is 10.7 Å². The van der Waals surface area contributed by atoms with Crippen LogP contribution in [0.2, 0.25) is 0 Å². The van der Waals surface area contributed by atoms with Crippen LogP contribution in [0.4, 0.5) is 0 Å². The lowest BCUT2D eigenvalue weighted by molar-refractivity contribution is -0.119. The number of carbonyl (C=O) groups excluding carboxylic acids is 1. The molecular formula is C12H11N3O. The maximum absolute atomic E-state index is 11.1. The van der Waals surface area contributed by atoms with Crippen molar-refractivity contribution in [3.05, 3.63) is 35.5 Å². The van der Waals surface area contributed by atoms with E-state index in [1.54, 1.807) is 6.21 Å². The molecule has 0 spiro atoms. The number of nitrogens with two attached hydrogens (primary N) is 1. The first kappa shape index (κ1) is 9.15. The minimum Gasteiger partial charge on any atom is -0.368 e. The standard InChI is InChI=1S/C12H11N3O/c13-12(16)10-5-8-7-3-1-2-4-9(7)15-11(8)6-14-10/h1-4,6,10,15H,5H2,(H2,13,16). The molecule has 0 bridgehead atoms. The first-order valence-corrected chi connectivity index (χ1v) is 5.18. The van der Waals surface area contributed by atoms with Gasteiger partial charge in [-0.25, -0.2) is 0 Å². The Labute approximate surface area is 92.2 Å². The van der Waals surface area contributed by atoms with Crippen LogP contribution in [-0.4, -0.2) is 23.1 Å². The number of aromatic amines is 1. The number of hydrogen-bond acceptors (Lipinski definition) is 2. The maximum Gasteiger partial charge on any atom is 0.242 e. The third kappa shape index (κ3) is 1.23.